The second-order valence-corrected chi connectivity index (χ2v) is 4.45. The molecule has 0 saturated carbocycles. The SMILES string of the molecule is COc1ccc(COc2cccc(N)c2C)cc1OC. The van der Waals surface area contributed by atoms with Crippen molar-refractivity contribution in [3.8, 4) is 17.2 Å². The third-order valence-electron chi connectivity index (χ3n) is 3.17. The van der Waals surface area contributed by atoms with Crippen LogP contribution in [0, 0.1) is 6.92 Å². The van der Waals surface area contributed by atoms with E-state index in [1.807, 2.05) is 43.3 Å². The Balaban J connectivity index is 2.13. The lowest BCUT2D eigenvalue weighted by Gasteiger charge is -2.12. The van der Waals surface area contributed by atoms with Crippen LogP contribution in [-0.4, -0.2) is 14.2 Å². The Morgan fingerprint density at radius 3 is 2.40 bits per heavy atom. The highest BCUT2D eigenvalue weighted by Crippen LogP contribution is 2.29. The normalized spacial score (nSPS) is 10.2. The van der Waals surface area contributed by atoms with Gasteiger partial charge in [0, 0.05) is 11.3 Å². The predicted molar refractivity (Wildman–Crippen MR) is 79.5 cm³/mol. The van der Waals surface area contributed by atoms with E-state index < -0.39 is 0 Å². The van der Waals surface area contributed by atoms with E-state index in [-0.39, 0.29) is 0 Å². The molecule has 0 fully saturated rings. The summed E-state index contributed by atoms with van der Waals surface area (Å²) in [7, 11) is 3.23. The molecule has 0 saturated heterocycles. The van der Waals surface area contributed by atoms with Crippen molar-refractivity contribution in [2.24, 2.45) is 0 Å². The average molecular weight is 273 g/mol. The maximum atomic E-state index is 5.86. The Hall–Kier alpha value is -2.36. The molecule has 0 spiro atoms. The Morgan fingerprint density at radius 2 is 1.70 bits per heavy atom. The van der Waals surface area contributed by atoms with Gasteiger partial charge in [0.25, 0.3) is 0 Å². The van der Waals surface area contributed by atoms with Gasteiger partial charge in [0.05, 0.1) is 14.2 Å². The molecule has 0 aliphatic heterocycles. The monoisotopic (exact) mass is 273 g/mol. The van der Waals surface area contributed by atoms with Gasteiger partial charge >= 0.3 is 0 Å². The summed E-state index contributed by atoms with van der Waals surface area (Å²) >= 11 is 0. The standard InChI is InChI=1S/C16H19NO3/c1-11-13(17)5-4-6-14(11)20-10-12-7-8-15(18-2)16(9-12)19-3/h4-9H,10,17H2,1-3H3. The van der Waals surface area contributed by atoms with Crippen LogP contribution in [0.15, 0.2) is 36.4 Å². The molecule has 2 N–H and O–H groups in total. The van der Waals surface area contributed by atoms with Gasteiger partial charge in [-0.15, -0.1) is 0 Å². The zero-order chi connectivity index (χ0) is 14.5. The van der Waals surface area contributed by atoms with Gasteiger partial charge in [-0.1, -0.05) is 12.1 Å². The van der Waals surface area contributed by atoms with Crippen LogP contribution in [0.1, 0.15) is 11.1 Å². The van der Waals surface area contributed by atoms with E-state index in [1.54, 1.807) is 14.2 Å². The van der Waals surface area contributed by atoms with Crippen molar-refractivity contribution in [3.63, 3.8) is 0 Å². The molecule has 0 amide bonds. The van der Waals surface area contributed by atoms with Crippen molar-refractivity contribution in [1.29, 1.82) is 0 Å². The van der Waals surface area contributed by atoms with Gasteiger partial charge in [0.2, 0.25) is 0 Å². The molecular weight excluding hydrogens is 254 g/mol. The van der Waals surface area contributed by atoms with Crippen LogP contribution in [0.2, 0.25) is 0 Å². The zero-order valence-electron chi connectivity index (χ0n) is 12.0. The van der Waals surface area contributed by atoms with Crippen molar-refractivity contribution < 1.29 is 14.2 Å². The first-order chi connectivity index (χ1) is 9.65. The molecule has 0 aromatic heterocycles. The minimum Gasteiger partial charge on any atom is -0.493 e. The number of hydrogen-bond acceptors (Lipinski definition) is 4. The number of hydrogen-bond donors (Lipinski definition) is 1. The van der Waals surface area contributed by atoms with E-state index in [2.05, 4.69) is 0 Å². The number of nitrogen functional groups attached to an aromatic ring is 1. The van der Waals surface area contributed by atoms with E-state index in [9.17, 15) is 0 Å². The van der Waals surface area contributed by atoms with Gasteiger partial charge in [-0.3, -0.25) is 0 Å². The summed E-state index contributed by atoms with van der Waals surface area (Å²) in [6, 6.07) is 11.4. The Bertz CT molecular complexity index is 596. The molecule has 0 aliphatic rings. The zero-order valence-corrected chi connectivity index (χ0v) is 12.0. The first kappa shape index (κ1) is 14.1. The van der Waals surface area contributed by atoms with Gasteiger partial charge in [-0.2, -0.15) is 0 Å². The minimum absolute atomic E-state index is 0.449. The molecule has 0 atom stereocenters. The number of rotatable bonds is 5. The Morgan fingerprint density at radius 1 is 0.950 bits per heavy atom. The van der Waals surface area contributed by atoms with Crippen molar-refractivity contribution >= 4 is 5.69 Å². The van der Waals surface area contributed by atoms with E-state index >= 15 is 0 Å². The van der Waals surface area contributed by atoms with Gasteiger partial charge in [0.1, 0.15) is 12.4 Å². The topological polar surface area (TPSA) is 53.7 Å². The quantitative estimate of drug-likeness (QED) is 0.850. The Kier molecular flexibility index (Phi) is 4.35. The fourth-order valence-electron chi connectivity index (χ4n) is 1.92. The summed E-state index contributed by atoms with van der Waals surface area (Å²) in [5, 5.41) is 0. The highest BCUT2D eigenvalue weighted by atomic mass is 16.5. The average Bonchev–Trinajstić information content (AvgIpc) is 2.48. The number of anilines is 1. The second kappa shape index (κ2) is 6.19. The lowest BCUT2D eigenvalue weighted by atomic mass is 10.2. The fraction of sp³-hybridized carbons (Fsp3) is 0.250. The van der Waals surface area contributed by atoms with Crippen molar-refractivity contribution in [2.45, 2.75) is 13.5 Å². The lowest BCUT2D eigenvalue weighted by molar-refractivity contribution is 0.302. The molecule has 0 unspecified atom stereocenters. The van der Waals surface area contributed by atoms with Crippen LogP contribution in [0.5, 0.6) is 17.2 Å². The predicted octanol–water partition coefficient (Wildman–Crippen LogP) is 3.17. The van der Waals surface area contributed by atoms with Crippen molar-refractivity contribution in [1.82, 2.24) is 0 Å². The first-order valence-corrected chi connectivity index (χ1v) is 6.34. The molecule has 0 aliphatic carbocycles. The summed E-state index contributed by atoms with van der Waals surface area (Å²) < 4.78 is 16.3. The number of methoxy groups -OCH3 is 2. The van der Waals surface area contributed by atoms with Crippen LogP contribution in [0.25, 0.3) is 0 Å². The van der Waals surface area contributed by atoms with Gasteiger partial charge in [-0.05, 0) is 36.8 Å². The maximum Gasteiger partial charge on any atom is 0.161 e. The molecule has 2 aromatic carbocycles. The lowest BCUT2D eigenvalue weighted by Crippen LogP contribution is -2.00. The highest BCUT2D eigenvalue weighted by molar-refractivity contribution is 5.53. The fourth-order valence-corrected chi connectivity index (χ4v) is 1.92. The number of benzene rings is 2. The van der Waals surface area contributed by atoms with Crippen LogP contribution in [0.4, 0.5) is 5.69 Å². The third-order valence-corrected chi connectivity index (χ3v) is 3.17. The molecule has 0 radical (unpaired) electrons. The van der Waals surface area contributed by atoms with Crippen LogP contribution >= 0.6 is 0 Å². The Labute approximate surface area is 119 Å². The van der Waals surface area contributed by atoms with Crippen molar-refractivity contribution in [2.75, 3.05) is 20.0 Å². The minimum atomic E-state index is 0.449. The number of ether oxygens (including phenoxy) is 3. The van der Waals surface area contributed by atoms with E-state index in [0.29, 0.717) is 18.1 Å². The molecule has 2 rings (SSSR count). The molecule has 4 heteroatoms. The summed E-state index contributed by atoms with van der Waals surface area (Å²) in [6.45, 7) is 2.39. The van der Waals surface area contributed by atoms with E-state index in [4.69, 9.17) is 19.9 Å². The molecule has 2 aromatic rings. The van der Waals surface area contributed by atoms with Crippen LogP contribution in [-0.2, 0) is 6.61 Å². The second-order valence-electron chi connectivity index (χ2n) is 4.45. The van der Waals surface area contributed by atoms with Gasteiger partial charge < -0.3 is 19.9 Å². The smallest absolute Gasteiger partial charge is 0.161 e. The van der Waals surface area contributed by atoms with Crippen LogP contribution in [0.3, 0.4) is 0 Å². The molecular formula is C16H19NO3. The van der Waals surface area contributed by atoms with E-state index in [0.717, 1.165) is 22.6 Å². The first-order valence-electron chi connectivity index (χ1n) is 6.34. The third kappa shape index (κ3) is 2.96. The van der Waals surface area contributed by atoms with Crippen LogP contribution < -0.4 is 19.9 Å². The largest absolute Gasteiger partial charge is 0.493 e. The molecule has 20 heavy (non-hydrogen) atoms. The van der Waals surface area contributed by atoms with Gasteiger partial charge in [-0.25, -0.2) is 0 Å². The molecule has 0 bridgehead atoms. The molecule has 4 nitrogen and oxygen atoms in total. The molecule has 0 heterocycles. The summed E-state index contributed by atoms with van der Waals surface area (Å²) in [6.07, 6.45) is 0. The number of nitrogens with two attached hydrogens (primary N) is 1. The maximum absolute atomic E-state index is 5.86. The highest BCUT2D eigenvalue weighted by Gasteiger charge is 2.06. The summed E-state index contributed by atoms with van der Waals surface area (Å²) in [5.41, 5.74) is 8.54. The van der Waals surface area contributed by atoms with E-state index in [1.165, 1.54) is 0 Å². The van der Waals surface area contributed by atoms with Crippen molar-refractivity contribution in [3.05, 3.63) is 47.5 Å². The summed E-state index contributed by atoms with van der Waals surface area (Å²) in [4.78, 5) is 0. The summed E-state index contributed by atoms with van der Waals surface area (Å²) in [5.74, 6) is 2.19. The van der Waals surface area contributed by atoms with Gasteiger partial charge in [0.15, 0.2) is 11.5 Å². The molecule has 106 valence electrons.